The van der Waals surface area contributed by atoms with E-state index in [9.17, 15) is 4.79 Å². The van der Waals surface area contributed by atoms with Gasteiger partial charge in [-0.05, 0) is 25.5 Å². The molecule has 0 saturated heterocycles. The van der Waals surface area contributed by atoms with Gasteiger partial charge < -0.3 is 9.64 Å². The molecule has 1 aromatic rings. The number of amides is 1. The van der Waals surface area contributed by atoms with Crippen molar-refractivity contribution in [2.24, 2.45) is 0 Å². The van der Waals surface area contributed by atoms with Crippen LogP contribution in [-0.2, 0) is 9.53 Å². The summed E-state index contributed by atoms with van der Waals surface area (Å²) in [6.07, 6.45) is 0.457. The Morgan fingerprint density at radius 2 is 2.00 bits per heavy atom. The predicted octanol–water partition coefficient (Wildman–Crippen LogP) is 3.76. The van der Waals surface area contributed by atoms with Crippen molar-refractivity contribution in [3.8, 4) is 0 Å². The Bertz CT molecular complexity index is 420. The summed E-state index contributed by atoms with van der Waals surface area (Å²) in [6.45, 7) is 6.25. The Labute approximate surface area is 120 Å². The van der Waals surface area contributed by atoms with Crippen molar-refractivity contribution in [1.29, 1.82) is 0 Å². The van der Waals surface area contributed by atoms with Crippen molar-refractivity contribution in [2.75, 3.05) is 18.6 Å². The zero-order valence-electron chi connectivity index (χ0n) is 12.0. The molecule has 0 radical (unpaired) electrons. The zero-order valence-corrected chi connectivity index (χ0v) is 12.8. The molecule has 0 fully saturated rings. The van der Waals surface area contributed by atoms with Gasteiger partial charge in [0.05, 0.1) is 18.0 Å². The minimum Gasteiger partial charge on any atom is -0.383 e. The predicted molar refractivity (Wildman–Crippen MR) is 79.8 cm³/mol. The van der Waals surface area contributed by atoms with Crippen molar-refractivity contribution in [3.05, 3.63) is 29.8 Å². The summed E-state index contributed by atoms with van der Waals surface area (Å²) in [5, 5.41) is -0.141. The zero-order chi connectivity index (χ0) is 14.4. The molecule has 2 atom stereocenters. The minimum atomic E-state index is -0.141. The molecule has 0 heterocycles. The van der Waals surface area contributed by atoms with E-state index in [-0.39, 0.29) is 17.3 Å². The number of ether oxygens (including phenoxy) is 1. The Kier molecular flexibility index (Phi) is 6.32. The number of carbonyl (C=O) groups excluding carboxylic acids is 1. The fourth-order valence-electron chi connectivity index (χ4n) is 2.15. The van der Waals surface area contributed by atoms with Crippen molar-refractivity contribution < 1.29 is 9.53 Å². The largest absolute Gasteiger partial charge is 0.383 e. The standard InChI is InChI=1S/C15H22ClNO2/c1-5-15(18)17(11(2)10-19-4)14-9-7-6-8-13(14)12(3)16/h6-9,11-12H,5,10H2,1-4H3. The number of halogens is 1. The number of methoxy groups -OCH3 is 1. The maximum absolute atomic E-state index is 12.2. The first-order valence-electron chi connectivity index (χ1n) is 6.56. The van der Waals surface area contributed by atoms with Crippen LogP contribution in [0.4, 0.5) is 5.69 Å². The molecule has 4 heteroatoms. The van der Waals surface area contributed by atoms with E-state index in [1.807, 2.05) is 45.0 Å². The van der Waals surface area contributed by atoms with Crippen LogP contribution < -0.4 is 4.90 Å². The molecule has 19 heavy (non-hydrogen) atoms. The van der Waals surface area contributed by atoms with Gasteiger partial charge in [-0.2, -0.15) is 0 Å². The second kappa shape index (κ2) is 7.51. The van der Waals surface area contributed by atoms with E-state index in [4.69, 9.17) is 16.3 Å². The van der Waals surface area contributed by atoms with Gasteiger partial charge in [-0.25, -0.2) is 0 Å². The Hall–Kier alpha value is -1.06. The maximum atomic E-state index is 12.2. The number of hydrogen-bond donors (Lipinski definition) is 0. The molecule has 106 valence electrons. The molecule has 0 aliphatic rings. The lowest BCUT2D eigenvalue weighted by molar-refractivity contribution is -0.119. The van der Waals surface area contributed by atoms with Crippen LogP contribution in [-0.4, -0.2) is 25.7 Å². The summed E-state index contributed by atoms with van der Waals surface area (Å²) in [5.74, 6) is 0.0781. The summed E-state index contributed by atoms with van der Waals surface area (Å²) in [4.78, 5) is 14.0. The van der Waals surface area contributed by atoms with Gasteiger partial charge in [0.15, 0.2) is 0 Å². The highest BCUT2D eigenvalue weighted by Crippen LogP contribution is 2.31. The van der Waals surface area contributed by atoms with Crippen LogP contribution in [0.15, 0.2) is 24.3 Å². The van der Waals surface area contributed by atoms with Crippen LogP contribution in [0.5, 0.6) is 0 Å². The Morgan fingerprint density at radius 3 is 2.53 bits per heavy atom. The number of hydrogen-bond acceptors (Lipinski definition) is 2. The molecule has 3 nitrogen and oxygen atoms in total. The first-order valence-corrected chi connectivity index (χ1v) is 7.00. The van der Waals surface area contributed by atoms with Crippen molar-refractivity contribution in [2.45, 2.75) is 38.6 Å². The minimum absolute atomic E-state index is 0.0194. The fourth-order valence-corrected chi connectivity index (χ4v) is 2.33. The number of carbonyl (C=O) groups is 1. The number of nitrogens with zero attached hydrogens (tertiary/aromatic N) is 1. The second-order valence-electron chi connectivity index (χ2n) is 4.60. The average Bonchev–Trinajstić information content (AvgIpc) is 2.39. The quantitative estimate of drug-likeness (QED) is 0.744. The molecule has 1 aromatic carbocycles. The Morgan fingerprint density at radius 1 is 1.37 bits per heavy atom. The third kappa shape index (κ3) is 3.95. The molecule has 1 rings (SSSR count). The molecule has 0 aliphatic carbocycles. The van der Waals surface area contributed by atoms with Crippen LogP contribution in [0, 0.1) is 0 Å². The van der Waals surface area contributed by atoms with E-state index in [2.05, 4.69) is 0 Å². The van der Waals surface area contributed by atoms with Crippen LogP contribution in [0.3, 0.4) is 0 Å². The Balaban J connectivity index is 3.21. The van der Waals surface area contributed by atoms with Crippen molar-refractivity contribution in [1.82, 2.24) is 0 Å². The van der Waals surface area contributed by atoms with E-state index >= 15 is 0 Å². The van der Waals surface area contributed by atoms with E-state index in [0.717, 1.165) is 11.3 Å². The SMILES string of the molecule is CCC(=O)N(c1ccccc1C(C)Cl)C(C)COC. The van der Waals surface area contributed by atoms with Gasteiger partial charge in [0.2, 0.25) is 5.91 Å². The molecule has 0 saturated carbocycles. The lowest BCUT2D eigenvalue weighted by atomic mass is 10.1. The van der Waals surface area contributed by atoms with Crippen LogP contribution in [0.1, 0.15) is 38.1 Å². The van der Waals surface area contributed by atoms with E-state index in [1.54, 1.807) is 12.0 Å². The highest BCUT2D eigenvalue weighted by Gasteiger charge is 2.23. The van der Waals surface area contributed by atoms with E-state index in [1.165, 1.54) is 0 Å². The van der Waals surface area contributed by atoms with Gasteiger partial charge in [0.1, 0.15) is 0 Å². The topological polar surface area (TPSA) is 29.5 Å². The third-order valence-electron chi connectivity index (χ3n) is 3.04. The van der Waals surface area contributed by atoms with Gasteiger partial charge in [-0.15, -0.1) is 11.6 Å². The first-order chi connectivity index (χ1) is 9.02. The highest BCUT2D eigenvalue weighted by molar-refractivity contribution is 6.21. The molecular formula is C15H22ClNO2. The van der Waals surface area contributed by atoms with Gasteiger partial charge in [0, 0.05) is 19.2 Å². The molecule has 0 aliphatic heterocycles. The highest BCUT2D eigenvalue weighted by atomic mass is 35.5. The average molecular weight is 284 g/mol. The summed E-state index contributed by atoms with van der Waals surface area (Å²) < 4.78 is 5.17. The van der Waals surface area contributed by atoms with Gasteiger partial charge in [0.25, 0.3) is 0 Å². The molecule has 0 spiro atoms. The number of rotatable bonds is 6. The summed E-state index contributed by atoms with van der Waals surface area (Å²) in [5.41, 5.74) is 1.84. The normalized spacial score (nSPS) is 13.9. The van der Waals surface area contributed by atoms with E-state index in [0.29, 0.717) is 13.0 Å². The number of para-hydroxylation sites is 1. The molecule has 2 unspecified atom stereocenters. The van der Waals surface area contributed by atoms with Crippen LogP contribution in [0.25, 0.3) is 0 Å². The molecule has 0 N–H and O–H groups in total. The van der Waals surface area contributed by atoms with Crippen LogP contribution >= 0.6 is 11.6 Å². The van der Waals surface area contributed by atoms with Gasteiger partial charge in [-0.3, -0.25) is 4.79 Å². The molecule has 1 amide bonds. The van der Waals surface area contributed by atoms with Gasteiger partial charge in [-0.1, -0.05) is 25.1 Å². The van der Waals surface area contributed by atoms with Crippen molar-refractivity contribution in [3.63, 3.8) is 0 Å². The van der Waals surface area contributed by atoms with Crippen molar-refractivity contribution >= 4 is 23.2 Å². The van der Waals surface area contributed by atoms with Gasteiger partial charge >= 0.3 is 0 Å². The number of anilines is 1. The van der Waals surface area contributed by atoms with Crippen LogP contribution in [0.2, 0.25) is 0 Å². The second-order valence-corrected chi connectivity index (χ2v) is 5.25. The third-order valence-corrected chi connectivity index (χ3v) is 3.28. The summed E-state index contributed by atoms with van der Waals surface area (Å²) in [6, 6.07) is 7.74. The lowest BCUT2D eigenvalue weighted by Gasteiger charge is -2.31. The lowest BCUT2D eigenvalue weighted by Crippen LogP contribution is -2.41. The molecule has 0 aromatic heterocycles. The van der Waals surface area contributed by atoms with E-state index < -0.39 is 0 Å². The fraction of sp³-hybridized carbons (Fsp3) is 0.533. The summed E-state index contributed by atoms with van der Waals surface area (Å²) >= 11 is 6.21. The smallest absolute Gasteiger partial charge is 0.227 e. The molecule has 0 bridgehead atoms. The number of alkyl halides is 1. The number of benzene rings is 1. The first kappa shape index (κ1) is 16.0. The summed E-state index contributed by atoms with van der Waals surface area (Å²) in [7, 11) is 1.64. The maximum Gasteiger partial charge on any atom is 0.227 e. The monoisotopic (exact) mass is 283 g/mol. The molecular weight excluding hydrogens is 262 g/mol.